The monoisotopic (exact) mass is 274 g/mol. The molecule has 110 valence electrons. The van der Waals surface area contributed by atoms with E-state index in [1.807, 2.05) is 30.9 Å². The van der Waals surface area contributed by atoms with Gasteiger partial charge in [0.25, 0.3) is 5.91 Å². The Labute approximate surface area is 122 Å². The Balaban J connectivity index is 2.20. The van der Waals surface area contributed by atoms with Crippen molar-refractivity contribution >= 4 is 11.6 Å². The topological polar surface area (TPSA) is 46.3 Å². The van der Waals surface area contributed by atoms with Gasteiger partial charge in [0.05, 0.1) is 0 Å². The zero-order chi connectivity index (χ0) is 15.1. The van der Waals surface area contributed by atoms with Crippen molar-refractivity contribution in [2.24, 2.45) is 11.3 Å². The van der Waals surface area contributed by atoms with Crippen molar-refractivity contribution in [1.82, 2.24) is 4.90 Å². The summed E-state index contributed by atoms with van der Waals surface area (Å²) in [5, 5.41) is 0. The van der Waals surface area contributed by atoms with Gasteiger partial charge in [0.1, 0.15) is 0 Å². The van der Waals surface area contributed by atoms with Crippen LogP contribution in [0, 0.1) is 25.2 Å². The molecule has 0 saturated carbocycles. The molecule has 3 heteroatoms. The fraction of sp³-hybridized carbons (Fsp3) is 0.588. The maximum Gasteiger partial charge on any atom is 0.254 e. The lowest BCUT2D eigenvalue weighted by molar-refractivity contribution is 0.0776. The average Bonchev–Trinajstić information content (AvgIpc) is 2.82. The predicted molar refractivity (Wildman–Crippen MR) is 83.8 cm³/mol. The zero-order valence-corrected chi connectivity index (χ0v) is 13.3. The lowest BCUT2D eigenvalue weighted by Crippen LogP contribution is -2.31. The summed E-state index contributed by atoms with van der Waals surface area (Å²) >= 11 is 0. The van der Waals surface area contributed by atoms with E-state index in [0.717, 1.165) is 36.2 Å². The molecule has 0 aliphatic carbocycles. The highest BCUT2D eigenvalue weighted by Crippen LogP contribution is 2.34. The van der Waals surface area contributed by atoms with Gasteiger partial charge in [-0.05, 0) is 48.8 Å². The number of carbonyl (C=O) groups excluding carboxylic acids is 1. The molecule has 3 nitrogen and oxygen atoms in total. The number of nitrogen functional groups attached to an aromatic ring is 1. The van der Waals surface area contributed by atoms with E-state index in [9.17, 15) is 4.79 Å². The number of likely N-dealkylation sites (tertiary alicyclic amines) is 1. The molecule has 0 radical (unpaired) electrons. The number of nitrogens with zero attached hydrogens (tertiary/aromatic N) is 1. The molecule has 1 saturated heterocycles. The summed E-state index contributed by atoms with van der Waals surface area (Å²) in [6.45, 7) is 12.4. The van der Waals surface area contributed by atoms with Gasteiger partial charge in [0.2, 0.25) is 0 Å². The molecule has 1 atom stereocenters. The molecule has 1 aliphatic heterocycles. The summed E-state index contributed by atoms with van der Waals surface area (Å²) in [7, 11) is 0. The number of hydrogen-bond acceptors (Lipinski definition) is 2. The van der Waals surface area contributed by atoms with Crippen molar-refractivity contribution in [2.75, 3.05) is 18.8 Å². The van der Waals surface area contributed by atoms with E-state index in [0.29, 0.717) is 11.6 Å². The van der Waals surface area contributed by atoms with Crippen molar-refractivity contribution in [3.63, 3.8) is 0 Å². The molecule has 2 N–H and O–H groups in total. The second-order valence-electron chi connectivity index (χ2n) is 7.13. The number of anilines is 1. The van der Waals surface area contributed by atoms with E-state index in [2.05, 4.69) is 20.8 Å². The first kappa shape index (κ1) is 14.9. The second kappa shape index (κ2) is 5.12. The standard InChI is InChI=1S/C17H26N2O/c1-11-8-12(2)15(18)9-14(11)16(20)19-7-6-13(10-19)17(3,4)5/h8-9,13H,6-7,10,18H2,1-5H3. The molecule has 1 aromatic rings. The van der Waals surface area contributed by atoms with Crippen molar-refractivity contribution < 1.29 is 4.79 Å². The van der Waals surface area contributed by atoms with Gasteiger partial charge in [0.15, 0.2) is 0 Å². The van der Waals surface area contributed by atoms with Crippen LogP contribution < -0.4 is 5.73 Å². The minimum atomic E-state index is 0.126. The highest BCUT2D eigenvalue weighted by atomic mass is 16.2. The molecular formula is C17H26N2O. The Hall–Kier alpha value is -1.51. The second-order valence-corrected chi connectivity index (χ2v) is 7.13. The number of benzene rings is 1. The van der Waals surface area contributed by atoms with Gasteiger partial charge in [-0.1, -0.05) is 26.8 Å². The maximum atomic E-state index is 12.7. The van der Waals surface area contributed by atoms with Gasteiger partial charge < -0.3 is 10.6 Å². The minimum absolute atomic E-state index is 0.126. The molecule has 20 heavy (non-hydrogen) atoms. The largest absolute Gasteiger partial charge is 0.398 e. The summed E-state index contributed by atoms with van der Waals surface area (Å²) in [4.78, 5) is 14.7. The highest BCUT2D eigenvalue weighted by Gasteiger charge is 2.34. The summed E-state index contributed by atoms with van der Waals surface area (Å²) in [6, 6.07) is 3.83. The van der Waals surface area contributed by atoms with Crippen LogP contribution in [0.3, 0.4) is 0 Å². The fourth-order valence-corrected chi connectivity index (χ4v) is 2.92. The lowest BCUT2D eigenvalue weighted by Gasteiger charge is -2.27. The summed E-state index contributed by atoms with van der Waals surface area (Å²) in [6.07, 6.45) is 1.09. The third kappa shape index (κ3) is 2.82. The normalized spacial score (nSPS) is 19.4. The molecular weight excluding hydrogens is 248 g/mol. The van der Waals surface area contributed by atoms with E-state index in [1.54, 1.807) is 0 Å². The minimum Gasteiger partial charge on any atom is -0.398 e. The van der Waals surface area contributed by atoms with Crippen molar-refractivity contribution in [3.8, 4) is 0 Å². The van der Waals surface area contributed by atoms with E-state index < -0.39 is 0 Å². The van der Waals surface area contributed by atoms with Gasteiger partial charge in [-0.25, -0.2) is 0 Å². The molecule has 0 bridgehead atoms. The van der Waals surface area contributed by atoms with Gasteiger partial charge in [-0.3, -0.25) is 4.79 Å². The fourth-order valence-electron chi connectivity index (χ4n) is 2.92. The number of amides is 1. The Bertz CT molecular complexity index is 529. The Morgan fingerprint density at radius 3 is 2.45 bits per heavy atom. The molecule has 2 rings (SSSR count). The van der Waals surface area contributed by atoms with Gasteiger partial charge >= 0.3 is 0 Å². The quantitative estimate of drug-likeness (QED) is 0.798. The van der Waals surface area contributed by atoms with Crippen LogP contribution in [0.25, 0.3) is 0 Å². The van der Waals surface area contributed by atoms with Crippen molar-refractivity contribution in [2.45, 2.75) is 41.0 Å². The van der Waals surface area contributed by atoms with Crippen LogP contribution in [0.1, 0.15) is 48.7 Å². The number of nitrogens with two attached hydrogens (primary N) is 1. The van der Waals surface area contributed by atoms with E-state index in [-0.39, 0.29) is 11.3 Å². The smallest absolute Gasteiger partial charge is 0.254 e. The number of rotatable bonds is 1. The average molecular weight is 274 g/mol. The Morgan fingerprint density at radius 2 is 1.90 bits per heavy atom. The molecule has 1 aliphatic rings. The van der Waals surface area contributed by atoms with Crippen LogP contribution in [0.5, 0.6) is 0 Å². The van der Waals surface area contributed by atoms with E-state index >= 15 is 0 Å². The molecule has 0 aromatic heterocycles. The summed E-state index contributed by atoms with van der Waals surface area (Å²) in [5.41, 5.74) is 9.71. The van der Waals surface area contributed by atoms with Gasteiger partial charge in [0, 0.05) is 24.3 Å². The predicted octanol–water partition coefficient (Wildman–Crippen LogP) is 3.39. The first-order valence-electron chi connectivity index (χ1n) is 7.36. The van der Waals surface area contributed by atoms with Crippen molar-refractivity contribution in [3.05, 3.63) is 28.8 Å². The van der Waals surface area contributed by atoms with Crippen LogP contribution in [0.2, 0.25) is 0 Å². The molecule has 0 spiro atoms. The molecule has 1 heterocycles. The highest BCUT2D eigenvalue weighted by molar-refractivity contribution is 5.97. The first-order chi connectivity index (χ1) is 9.20. The Kier molecular flexibility index (Phi) is 3.81. The Morgan fingerprint density at radius 1 is 1.25 bits per heavy atom. The first-order valence-corrected chi connectivity index (χ1v) is 7.36. The van der Waals surface area contributed by atoms with E-state index in [4.69, 9.17) is 5.73 Å². The van der Waals surface area contributed by atoms with Crippen LogP contribution in [0.4, 0.5) is 5.69 Å². The third-order valence-electron chi connectivity index (χ3n) is 4.54. The van der Waals surface area contributed by atoms with Gasteiger partial charge in [-0.15, -0.1) is 0 Å². The maximum absolute atomic E-state index is 12.7. The molecule has 1 unspecified atom stereocenters. The molecule has 1 fully saturated rings. The number of aryl methyl sites for hydroxylation is 2. The van der Waals surface area contributed by atoms with Gasteiger partial charge in [-0.2, -0.15) is 0 Å². The van der Waals surface area contributed by atoms with Crippen LogP contribution in [-0.2, 0) is 0 Å². The SMILES string of the molecule is Cc1cc(C)c(C(=O)N2CCC(C(C)(C)C)C2)cc1N. The molecule has 1 amide bonds. The molecule has 1 aromatic carbocycles. The van der Waals surface area contributed by atoms with Crippen LogP contribution >= 0.6 is 0 Å². The van der Waals surface area contributed by atoms with Crippen LogP contribution in [0.15, 0.2) is 12.1 Å². The number of hydrogen-bond donors (Lipinski definition) is 1. The summed E-state index contributed by atoms with van der Waals surface area (Å²) in [5.74, 6) is 0.704. The summed E-state index contributed by atoms with van der Waals surface area (Å²) < 4.78 is 0. The van der Waals surface area contributed by atoms with Crippen LogP contribution in [-0.4, -0.2) is 23.9 Å². The lowest BCUT2D eigenvalue weighted by atomic mass is 9.80. The third-order valence-corrected chi connectivity index (χ3v) is 4.54. The van der Waals surface area contributed by atoms with Crippen molar-refractivity contribution in [1.29, 1.82) is 0 Å². The van der Waals surface area contributed by atoms with E-state index in [1.165, 1.54) is 0 Å². The zero-order valence-electron chi connectivity index (χ0n) is 13.3. The number of carbonyl (C=O) groups is 1.